The van der Waals surface area contributed by atoms with Crippen molar-refractivity contribution >= 4 is 11.7 Å². The quantitative estimate of drug-likeness (QED) is 0.734. The molecule has 7 nitrogen and oxygen atoms in total. The Morgan fingerprint density at radius 1 is 1.16 bits per heavy atom. The molecule has 0 atom stereocenters. The van der Waals surface area contributed by atoms with Gasteiger partial charge >= 0.3 is 0 Å². The van der Waals surface area contributed by atoms with Crippen molar-refractivity contribution in [3.05, 3.63) is 42.1 Å². The van der Waals surface area contributed by atoms with Crippen LogP contribution in [0.3, 0.4) is 0 Å². The van der Waals surface area contributed by atoms with E-state index in [9.17, 15) is 9.18 Å². The summed E-state index contributed by atoms with van der Waals surface area (Å²) in [7, 11) is 0. The molecular formula is C24H32FN5O2. The smallest absolute Gasteiger partial charge is 0.258 e. The number of piperidine rings is 1. The number of carbonyl (C=O) groups excluding carboxylic acids is 1. The summed E-state index contributed by atoms with van der Waals surface area (Å²) in [5, 5.41) is 3.42. The Labute approximate surface area is 189 Å². The molecule has 1 N–H and O–H groups in total. The number of nitrogens with one attached hydrogen (secondary N) is 1. The summed E-state index contributed by atoms with van der Waals surface area (Å²) >= 11 is 0. The van der Waals surface area contributed by atoms with E-state index in [1.165, 1.54) is 24.5 Å². The number of anilines is 1. The predicted octanol–water partition coefficient (Wildman–Crippen LogP) is 3.86. The number of rotatable bonds is 6. The predicted molar refractivity (Wildman–Crippen MR) is 122 cm³/mol. The number of hydrogen-bond acceptors (Lipinski definition) is 6. The van der Waals surface area contributed by atoms with Gasteiger partial charge in [0, 0.05) is 30.6 Å². The van der Waals surface area contributed by atoms with Crippen LogP contribution < -0.4 is 15.0 Å². The number of ether oxygens (including phenoxy) is 1. The van der Waals surface area contributed by atoms with E-state index in [4.69, 9.17) is 4.74 Å². The van der Waals surface area contributed by atoms with Crippen LogP contribution in [-0.2, 0) is 0 Å². The first-order valence-corrected chi connectivity index (χ1v) is 11.4. The summed E-state index contributed by atoms with van der Waals surface area (Å²) in [5.41, 5.74) is 0.528. The summed E-state index contributed by atoms with van der Waals surface area (Å²) in [5.74, 6) is 0.735. The molecule has 1 aromatic carbocycles. The van der Waals surface area contributed by atoms with E-state index >= 15 is 0 Å². The number of nitrogens with zero attached hydrogens (tertiary/aromatic N) is 4. The molecule has 3 heterocycles. The lowest BCUT2D eigenvalue weighted by atomic mass is 9.72. The molecule has 2 fully saturated rings. The molecule has 2 aliphatic rings. The van der Waals surface area contributed by atoms with E-state index < -0.39 is 5.82 Å². The average Bonchev–Trinajstić information content (AvgIpc) is 2.73. The molecule has 0 unspecified atom stereocenters. The third-order valence-electron chi connectivity index (χ3n) is 6.41. The van der Waals surface area contributed by atoms with Gasteiger partial charge in [-0.25, -0.2) is 14.4 Å². The maximum Gasteiger partial charge on any atom is 0.258 e. The highest BCUT2D eigenvalue weighted by atomic mass is 19.1. The van der Waals surface area contributed by atoms with Crippen LogP contribution in [0.15, 0.2) is 30.7 Å². The van der Waals surface area contributed by atoms with Gasteiger partial charge in [0.1, 0.15) is 17.9 Å². The molecule has 32 heavy (non-hydrogen) atoms. The topological polar surface area (TPSA) is 70.6 Å². The number of hydrogen-bond donors (Lipinski definition) is 1. The first-order valence-electron chi connectivity index (χ1n) is 11.4. The summed E-state index contributed by atoms with van der Waals surface area (Å²) in [6.07, 6.45) is 5.42. The van der Waals surface area contributed by atoms with Crippen molar-refractivity contribution in [3.8, 4) is 11.5 Å². The third kappa shape index (κ3) is 4.41. The maximum absolute atomic E-state index is 14.1. The van der Waals surface area contributed by atoms with Crippen molar-refractivity contribution in [2.24, 2.45) is 5.41 Å². The molecule has 2 aromatic rings. The average molecular weight is 442 g/mol. The minimum absolute atomic E-state index is 0.0310. The minimum atomic E-state index is -0.478. The van der Waals surface area contributed by atoms with Crippen molar-refractivity contribution in [1.82, 2.24) is 20.2 Å². The fourth-order valence-corrected chi connectivity index (χ4v) is 4.89. The Balaban J connectivity index is 1.60. The zero-order valence-electron chi connectivity index (χ0n) is 19.3. The van der Waals surface area contributed by atoms with Crippen molar-refractivity contribution in [1.29, 1.82) is 0 Å². The number of aromatic nitrogens is 2. The van der Waals surface area contributed by atoms with Crippen LogP contribution in [0.5, 0.6) is 11.5 Å². The highest BCUT2D eigenvalue weighted by Gasteiger charge is 2.44. The van der Waals surface area contributed by atoms with Gasteiger partial charge in [0.15, 0.2) is 11.6 Å². The van der Waals surface area contributed by atoms with Gasteiger partial charge in [-0.15, -0.1) is 0 Å². The van der Waals surface area contributed by atoms with Crippen LogP contribution in [0.1, 0.15) is 50.9 Å². The maximum atomic E-state index is 14.1. The minimum Gasteiger partial charge on any atom is -0.451 e. The summed E-state index contributed by atoms with van der Waals surface area (Å²) in [6.45, 7) is 11.7. The molecular weight excluding hydrogens is 409 g/mol. The summed E-state index contributed by atoms with van der Waals surface area (Å²) < 4.78 is 20.3. The second-order valence-electron chi connectivity index (χ2n) is 9.46. The van der Waals surface area contributed by atoms with Crippen molar-refractivity contribution in [3.63, 3.8) is 0 Å². The largest absolute Gasteiger partial charge is 0.451 e. The Morgan fingerprint density at radius 3 is 2.50 bits per heavy atom. The molecule has 1 amide bonds. The van der Waals surface area contributed by atoms with Crippen LogP contribution in [0, 0.1) is 11.2 Å². The molecule has 0 radical (unpaired) electrons. The molecule has 0 saturated carbocycles. The zero-order valence-corrected chi connectivity index (χ0v) is 19.3. The fourth-order valence-electron chi connectivity index (χ4n) is 4.89. The van der Waals surface area contributed by atoms with Gasteiger partial charge in [0.2, 0.25) is 0 Å². The lowest BCUT2D eigenvalue weighted by molar-refractivity contribution is 0.0640. The highest BCUT2D eigenvalue weighted by Crippen LogP contribution is 2.43. The van der Waals surface area contributed by atoms with Gasteiger partial charge in [0.25, 0.3) is 5.91 Å². The third-order valence-corrected chi connectivity index (χ3v) is 6.41. The van der Waals surface area contributed by atoms with Gasteiger partial charge in [-0.1, -0.05) is 0 Å². The second-order valence-corrected chi connectivity index (χ2v) is 9.46. The van der Waals surface area contributed by atoms with Crippen molar-refractivity contribution in [2.45, 2.75) is 52.6 Å². The monoisotopic (exact) mass is 441 g/mol. The standard InChI is InChI=1S/C24H32FN5O2/c1-16(2)30(17(3)4)23(31)19-11-18(25)5-6-20(19)32-21-12-27-15-28-22(21)29-13-24(14-29)7-9-26-10-8-24/h5-6,11-12,15-17,26H,7-10,13-14H2,1-4H3. The number of benzene rings is 1. The van der Waals surface area contributed by atoms with E-state index in [1.807, 2.05) is 27.7 Å². The molecule has 0 bridgehead atoms. The van der Waals surface area contributed by atoms with Gasteiger partial charge in [0.05, 0.1) is 11.8 Å². The lowest BCUT2D eigenvalue weighted by Gasteiger charge is -2.53. The normalized spacial score (nSPS) is 17.5. The van der Waals surface area contributed by atoms with Crippen LogP contribution in [0.4, 0.5) is 10.2 Å². The number of carbonyl (C=O) groups is 1. The van der Waals surface area contributed by atoms with Gasteiger partial charge in [-0.3, -0.25) is 4.79 Å². The van der Waals surface area contributed by atoms with Crippen LogP contribution in [-0.4, -0.2) is 59.0 Å². The number of halogens is 1. The Morgan fingerprint density at radius 2 is 1.84 bits per heavy atom. The van der Waals surface area contributed by atoms with Gasteiger partial charge in [-0.2, -0.15) is 0 Å². The van der Waals surface area contributed by atoms with Crippen LogP contribution in [0.25, 0.3) is 0 Å². The Kier molecular flexibility index (Phi) is 6.33. The molecule has 172 valence electrons. The van der Waals surface area contributed by atoms with E-state index in [-0.39, 0.29) is 23.6 Å². The summed E-state index contributed by atoms with van der Waals surface area (Å²) in [4.78, 5) is 25.8. The fraction of sp³-hybridized carbons (Fsp3) is 0.542. The molecule has 0 aliphatic carbocycles. The van der Waals surface area contributed by atoms with Crippen LogP contribution in [0.2, 0.25) is 0 Å². The number of amides is 1. The Bertz CT molecular complexity index is 959. The molecule has 4 rings (SSSR count). The zero-order chi connectivity index (χ0) is 22.9. The molecule has 1 spiro atoms. The van der Waals surface area contributed by atoms with Gasteiger partial charge in [-0.05, 0) is 71.8 Å². The van der Waals surface area contributed by atoms with Crippen molar-refractivity contribution in [2.75, 3.05) is 31.1 Å². The van der Waals surface area contributed by atoms with Crippen LogP contribution >= 0.6 is 0 Å². The Hall–Kier alpha value is -2.74. The van der Waals surface area contributed by atoms with Crippen molar-refractivity contribution < 1.29 is 13.9 Å². The lowest BCUT2D eigenvalue weighted by Crippen LogP contribution is -2.60. The highest BCUT2D eigenvalue weighted by molar-refractivity contribution is 5.97. The van der Waals surface area contributed by atoms with E-state index in [1.54, 1.807) is 11.1 Å². The molecule has 2 saturated heterocycles. The first kappa shape index (κ1) is 22.5. The second kappa shape index (κ2) is 9.02. The first-order chi connectivity index (χ1) is 15.3. The molecule has 2 aliphatic heterocycles. The molecule has 8 heteroatoms. The molecule has 1 aromatic heterocycles. The van der Waals surface area contributed by atoms with Gasteiger partial charge < -0.3 is 19.9 Å². The van der Waals surface area contributed by atoms with E-state index in [0.717, 1.165) is 39.0 Å². The summed E-state index contributed by atoms with van der Waals surface area (Å²) in [6, 6.07) is 3.99. The SMILES string of the molecule is CC(C)N(C(=O)c1cc(F)ccc1Oc1cncnc1N1CC2(CCNCC2)C1)C(C)C. The van der Waals surface area contributed by atoms with E-state index in [2.05, 4.69) is 20.2 Å². The van der Waals surface area contributed by atoms with E-state index in [0.29, 0.717) is 22.7 Å².